The average molecular weight is 324 g/mol. The summed E-state index contributed by atoms with van der Waals surface area (Å²) in [6.45, 7) is 3.48. The molecule has 124 valence electrons. The fourth-order valence-electron chi connectivity index (χ4n) is 2.97. The highest BCUT2D eigenvalue weighted by Crippen LogP contribution is 2.20. The van der Waals surface area contributed by atoms with Gasteiger partial charge in [-0.3, -0.25) is 4.68 Å². The van der Waals surface area contributed by atoms with Crippen LogP contribution in [0.3, 0.4) is 0 Å². The molecule has 0 bridgehead atoms. The molecule has 1 aliphatic heterocycles. The quantitative estimate of drug-likeness (QED) is 0.722. The van der Waals surface area contributed by atoms with Crippen LogP contribution >= 0.6 is 0 Å². The Morgan fingerprint density at radius 1 is 1.12 bits per heavy atom. The maximum Gasteiger partial charge on any atom is 0.139 e. The molecule has 6 heteroatoms. The minimum atomic E-state index is 0.0824. The van der Waals surface area contributed by atoms with E-state index in [2.05, 4.69) is 38.9 Å². The fourth-order valence-corrected chi connectivity index (χ4v) is 2.97. The molecule has 24 heavy (non-hydrogen) atoms. The average Bonchev–Trinajstić information content (AvgIpc) is 3.28. The zero-order valence-corrected chi connectivity index (χ0v) is 13.4. The molecule has 0 spiro atoms. The second kappa shape index (κ2) is 6.98. The zero-order valence-electron chi connectivity index (χ0n) is 13.4. The Labute approximate surface area is 140 Å². The Morgan fingerprint density at radius 3 is 2.96 bits per heavy atom. The lowest BCUT2D eigenvalue weighted by molar-refractivity contribution is -0.0934. The van der Waals surface area contributed by atoms with Crippen LogP contribution in [0, 0.1) is 0 Å². The molecule has 0 radical (unpaired) electrons. The Morgan fingerprint density at radius 2 is 2.12 bits per heavy atom. The molecule has 4 rings (SSSR count). The molecular weight excluding hydrogens is 304 g/mol. The number of aromatic nitrogens is 4. The van der Waals surface area contributed by atoms with Crippen molar-refractivity contribution >= 4 is 0 Å². The van der Waals surface area contributed by atoms with E-state index in [1.54, 1.807) is 6.20 Å². The third kappa shape index (κ3) is 3.39. The summed E-state index contributed by atoms with van der Waals surface area (Å²) in [4.78, 5) is 4.53. The molecule has 1 aliphatic rings. The molecule has 1 unspecified atom stereocenters. The molecule has 0 aliphatic carbocycles. The standard InChI is InChI=1S/C18H20N4O2/c1-3-15(12-22-7-2-5-20-22)11-16(4-1)18-19-6-8-21(18)13-17-14-23-9-10-24-17/h1-8,11,17H,9-10,12-14H2. The Kier molecular flexibility index (Phi) is 4.40. The molecule has 0 amide bonds. The topological polar surface area (TPSA) is 54.1 Å². The van der Waals surface area contributed by atoms with Crippen LogP contribution in [0.25, 0.3) is 11.4 Å². The number of benzene rings is 1. The molecule has 0 saturated carbocycles. The van der Waals surface area contributed by atoms with Gasteiger partial charge in [0.2, 0.25) is 0 Å². The minimum Gasteiger partial charge on any atom is -0.376 e. The SMILES string of the molecule is c1cc(Cn2cccn2)cc(-c2nccn2CC2COCCO2)c1. The smallest absolute Gasteiger partial charge is 0.139 e. The zero-order chi connectivity index (χ0) is 16.2. The molecule has 1 saturated heterocycles. The lowest BCUT2D eigenvalue weighted by Gasteiger charge is -2.24. The van der Waals surface area contributed by atoms with Crippen LogP contribution in [0.5, 0.6) is 0 Å². The van der Waals surface area contributed by atoms with E-state index >= 15 is 0 Å². The Balaban J connectivity index is 1.54. The van der Waals surface area contributed by atoms with Gasteiger partial charge in [0.1, 0.15) is 5.82 Å². The van der Waals surface area contributed by atoms with Crippen LogP contribution in [-0.4, -0.2) is 45.3 Å². The highest BCUT2D eigenvalue weighted by Gasteiger charge is 2.17. The van der Waals surface area contributed by atoms with Gasteiger partial charge in [-0.25, -0.2) is 4.98 Å². The van der Waals surface area contributed by atoms with Gasteiger partial charge in [-0.05, 0) is 17.7 Å². The maximum absolute atomic E-state index is 5.75. The van der Waals surface area contributed by atoms with Crippen LogP contribution in [0.2, 0.25) is 0 Å². The first kappa shape index (κ1) is 15.1. The summed E-state index contributed by atoms with van der Waals surface area (Å²) in [5.41, 5.74) is 2.30. The summed E-state index contributed by atoms with van der Waals surface area (Å²) in [5, 5.41) is 4.26. The first-order valence-corrected chi connectivity index (χ1v) is 8.16. The molecule has 3 heterocycles. The maximum atomic E-state index is 5.75. The molecule has 3 aromatic rings. The van der Waals surface area contributed by atoms with Crippen molar-refractivity contribution in [3.05, 3.63) is 60.7 Å². The predicted molar refractivity (Wildman–Crippen MR) is 89.6 cm³/mol. The van der Waals surface area contributed by atoms with Crippen molar-refractivity contribution < 1.29 is 9.47 Å². The molecule has 2 aromatic heterocycles. The largest absolute Gasteiger partial charge is 0.376 e. The monoisotopic (exact) mass is 324 g/mol. The fraction of sp³-hybridized carbons (Fsp3) is 0.333. The lowest BCUT2D eigenvalue weighted by atomic mass is 10.1. The summed E-state index contributed by atoms with van der Waals surface area (Å²) < 4.78 is 15.3. The first-order valence-electron chi connectivity index (χ1n) is 8.16. The van der Waals surface area contributed by atoms with E-state index in [1.807, 2.05) is 29.3 Å². The third-order valence-corrected chi connectivity index (χ3v) is 4.09. The van der Waals surface area contributed by atoms with E-state index in [4.69, 9.17) is 9.47 Å². The van der Waals surface area contributed by atoms with Crippen LogP contribution in [-0.2, 0) is 22.6 Å². The van der Waals surface area contributed by atoms with Gasteiger partial charge < -0.3 is 14.0 Å². The summed E-state index contributed by atoms with van der Waals surface area (Å²) >= 11 is 0. The molecule has 1 fully saturated rings. The van der Waals surface area contributed by atoms with Gasteiger partial charge in [0.15, 0.2) is 0 Å². The van der Waals surface area contributed by atoms with E-state index in [0.29, 0.717) is 19.8 Å². The normalized spacial score (nSPS) is 17.9. The number of hydrogen-bond acceptors (Lipinski definition) is 4. The van der Waals surface area contributed by atoms with Crippen LogP contribution in [0.4, 0.5) is 0 Å². The van der Waals surface area contributed by atoms with E-state index in [0.717, 1.165) is 24.5 Å². The highest BCUT2D eigenvalue weighted by atomic mass is 16.6. The van der Waals surface area contributed by atoms with Crippen LogP contribution in [0.1, 0.15) is 5.56 Å². The first-order chi connectivity index (χ1) is 11.9. The number of imidazole rings is 1. The second-order valence-corrected chi connectivity index (χ2v) is 5.87. The van der Waals surface area contributed by atoms with Crippen molar-refractivity contribution in [2.75, 3.05) is 19.8 Å². The van der Waals surface area contributed by atoms with Gasteiger partial charge in [-0.1, -0.05) is 18.2 Å². The number of rotatable bonds is 5. The molecule has 6 nitrogen and oxygen atoms in total. The minimum absolute atomic E-state index is 0.0824. The van der Waals surface area contributed by atoms with E-state index in [1.165, 1.54) is 5.56 Å². The Bertz CT molecular complexity index is 776. The number of hydrogen-bond donors (Lipinski definition) is 0. The van der Waals surface area contributed by atoms with Gasteiger partial charge in [0.05, 0.1) is 39.0 Å². The van der Waals surface area contributed by atoms with Gasteiger partial charge in [-0.2, -0.15) is 5.10 Å². The van der Waals surface area contributed by atoms with Crippen molar-refractivity contribution in [3.63, 3.8) is 0 Å². The van der Waals surface area contributed by atoms with Crippen molar-refractivity contribution in [3.8, 4) is 11.4 Å². The van der Waals surface area contributed by atoms with E-state index in [-0.39, 0.29) is 6.10 Å². The van der Waals surface area contributed by atoms with Gasteiger partial charge in [0, 0.05) is 30.4 Å². The van der Waals surface area contributed by atoms with Crippen LogP contribution in [0.15, 0.2) is 55.1 Å². The van der Waals surface area contributed by atoms with Crippen molar-refractivity contribution in [1.82, 2.24) is 19.3 Å². The lowest BCUT2D eigenvalue weighted by Crippen LogP contribution is -2.32. The van der Waals surface area contributed by atoms with Gasteiger partial charge >= 0.3 is 0 Å². The number of nitrogens with zero attached hydrogens (tertiary/aromatic N) is 4. The van der Waals surface area contributed by atoms with Gasteiger partial charge in [0.25, 0.3) is 0 Å². The van der Waals surface area contributed by atoms with Crippen LogP contribution < -0.4 is 0 Å². The number of ether oxygens (including phenoxy) is 2. The third-order valence-electron chi connectivity index (χ3n) is 4.09. The Hall–Kier alpha value is -2.44. The molecule has 1 aromatic carbocycles. The summed E-state index contributed by atoms with van der Waals surface area (Å²) in [6, 6.07) is 10.4. The van der Waals surface area contributed by atoms with Crippen molar-refractivity contribution in [1.29, 1.82) is 0 Å². The molecular formula is C18H20N4O2. The second-order valence-electron chi connectivity index (χ2n) is 5.87. The van der Waals surface area contributed by atoms with Crippen molar-refractivity contribution in [2.45, 2.75) is 19.2 Å². The van der Waals surface area contributed by atoms with Crippen molar-refractivity contribution in [2.24, 2.45) is 0 Å². The van der Waals surface area contributed by atoms with Gasteiger partial charge in [-0.15, -0.1) is 0 Å². The van der Waals surface area contributed by atoms with E-state index < -0.39 is 0 Å². The summed E-state index contributed by atoms with van der Waals surface area (Å²) in [7, 11) is 0. The summed E-state index contributed by atoms with van der Waals surface area (Å²) in [5.74, 6) is 0.950. The highest BCUT2D eigenvalue weighted by molar-refractivity contribution is 5.56. The summed E-state index contributed by atoms with van der Waals surface area (Å²) in [6.07, 6.45) is 7.67. The molecule has 1 atom stereocenters. The van der Waals surface area contributed by atoms with E-state index in [9.17, 15) is 0 Å². The predicted octanol–water partition coefficient (Wildman–Crippen LogP) is 2.21. The molecule has 0 N–H and O–H groups in total.